The zero-order valence-corrected chi connectivity index (χ0v) is 31.0. The highest BCUT2D eigenvalue weighted by Crippen LogP contribution is 2.53. The molecule has 0 bridgehead atoms. The van der Waals surface area contributed by atoms with E-state index in [0.717, 1.165) is 92.2 Å². The van der Waals surface area contributed by atoms with E-state index in [1.165, 1.54) is 0 Å². The number of anilines is 1. The van der Waals surface area contributed by atoms with Gasteiger partial charge in [0.25, 0.3) is 17.3 Å². The Morgan fingerprint density at radius 1 is 1.04 bits per heavy atom. The van der Waals surface area contributed by atoms with E-state index < -0.39 is 5.79 Å². The Bertz CT molecular complexity index is 1690. The maximum absolute atomic E-state index is 13.9. The van der Waals surface area contributed by atoms with Crippen LogP contribution in [0.3, 0.4) is 0 Å². The number of carbonyl (C=O) groups excluding carboxylic acids is 1. The standard InChI is InChI=1S/C38H52N6O4.ClH/c1-8-26-20-24(3)41-37(46)32(26)23-40-36(45)30-21-31(27-10-15-33(39-22-27)44-18-16-43(9-2)17-19-44)35-34(25(30)4)47-38(5,48-35)28-11-13-29(14-12-28)42(6)7;/h10,15,20-22,28-29H,8-9,11-14,16-19,23H2,1-7H3,(H,40,45)(H,41,46);1H. The molecule has 49 heavy (non-hydrogen) atoms. The van der Waals surface area contributed by atoms with Crippen molar-refractivity contribution in [1.29, 1.82) is 0 Å². The Hall–Kier alpha value is -3.60. The van der Waals surface area contributed by atoms with Crippen LogP contribution in [0.4, 0.5) is 5.82 Å². The Balaban J connectivity index is 0.00000468. The lowest BCUT2D eigenvalue weighted by Crippen LogP contribution is -2.46. The lowest BCUT2D eigenvalue weighted by Gasteiger charge is -2.39. The smallest absolute Gasteiger partial charge is 0.253 e. The summed E-state index contributed by atoms with van der Waals surface area (Å²) >= 11 is 0. The molecule has 4 heterocycles. The van der Waals surface area contributed by atoms with Gasteiger partial charge in [-0.3, -0.25) is 9.59 Å². The van der Waals surface area contributed by atoms with Gasteiger partial charge in [0.2, 0.25) is 0 Å². The van der Waals surface area contributed by atoms with Gasteiger partial charge in [0, 0.05) is 91.3 Å². The van der Waals surface area contributed by atoms with Gasteiger partial charge in [0.1, 0.15) is 5.82 Å². The third-order valence-electron chi connectivity index (χ3n) is 10.9. The maximum atomic E-state index is 13.9. The number of aromatic nitrogens is 2. The van der Waals surface area contributed by atoms with Gasteiger partial charge in [0.05, 0.1) is 0 Å². The minimum Gasteiger partial charge on any atom is -0.448 e. The van der Waals surface area contributed by atoms with Crippen LogP contribution in [0.25, 0.3) is 11.1 Å². The average Bonchev–Trinajstić information content (AvgIpc) is 3.47. The number of halogens is 1. The summed E-state index contributed by atoms with van der Waals surface area (Å²) in [6.45, 7) is 15.2. The first kappa shape index (κ1) is 36.7. The number of fused-ring (bicyclic) bond motifs is 1. The van der Waals surface area contributed by atoms with Crippen molar-refractivity contribution < 1.29 is 14.3 Å². The van der Waals surface area contributed by atoms with Crippen molar-refractivity contribution in [2.75, 3.05) is 51.7 Å². The molecule has 2 fully saturated rings. The van der Waals surface area contributed by atoms with Crippen molar-refractivity contribution in [2.24, 2.45) is 5.92 Å². The predicted molar refractivity (Wildman–Crippen MR) is 197 cm³/mol. The Labute approximate surface area is 297 Å². The van der Waals surface area contributed by atoms with Crippen molar-refractivity contribution >= 4 is 24.1 Å². The summed E-state index contributed by atoms with van der Waals surface area (Å²) < 4.78 is 13.6. The number of aryl methyl sites for hydroxylation is 2. The molecular weight excluding hydrogens is 640 g/mol. The van der Waals surface area contributed by atoms with Crippen LogP contribution < -0.4 is 25.2 Å². The zero-order valence-electron chi connectivity index (χ0n) is 30.1. The van der Waals surface area contributed by atoms with E-state index in [-0.39, 0.29) is 36.3 Å². The fourth-order valence-corrected chi connectivity index (χ4v) is 7.70. The van der Waals surface area contributed by atoms with Crippen molar-refractivity contribution in [2.45, 2.75) is 85.1 Å². The molecule has 3 aromatic rings. The fourth-order valence-electron chi connectivity index (χ4n) is 7.70. The Morgan fingerprint density at radius 3 is 2.35 bits per heavy atom. The molecule has 266 valence electrons. The number of amides is 1. The number of rotatable bonds is 9. The molecule has 10 nitrogen and oxygen atoms in total. The molecule has 1 saturated heterocycles. The first-order valence-electron chi connectivity index (χ1n) is 17.7. The van der Waals surface area contributed by atoms with E-state index in [9.17, 15) is 9.59 Å². The van der Waals surface area contributed by atoms with E-state index in [1.807, 2.05) is 46.0 Å². The molecule has 1 unspecified atom stereocenters. The number of nitrogens with zero attached hydrogens (tertiary/aromatic N) is 4. The number of aromatic amines is 1. The number of piperazine rings is 1. The van der Waals surface area contributed by atoms with Crippen LogP contribution in [-0.4, -0.2) is 84.3 Å². The summed E-state index contributed by atoms with van der Waals surface area (Å²) in [6.07, 6.45) is 6.77. The highest BCUT2D eigenvalue weighted by atomic mass is 35.5. The number of carbonyl (C=O) groups is 1. The van der Waals surface area contributed by atoms with Crippen LogP contribution >= 0.6 is 12.4 Å². The van der Waals surface area contributed by atoms with Gasteiger partial charge < -0.3 is 34.5 Å². The van der Waals surface area contributed by atoms with E-state index in [4.69, 9.17) is 14.5 Å². The summed E-state index contributed by atoms with van der Waals surface area (Å²) in [7, 11) is 4.30. The normalized spacial score (nSPS) is 22.2. The Kier molecular flexibility index (Phi) is 11.3. The van der Waals surface area contributed by atoms with Crippen LogP contribution in [0.1, 0.15) is 79.2 Å². The van der Waals surface area contributed by atoms with Crippen molar-refractivity contribution in [3.63, 3.8) is 0 Å². The van der Waals surface area contributed by atoms with Crippen LogP contribution in [0, 0.1) is 19.8 Å². The van der Waals surface area contributed by atoms with Gasteiger partial charge in [-0.25, -0.2) is 4.98 Å². The molecule has 2 N–H and O–H groups in total. The topological polar surface area (TPSA) is 103 Å². The summed E-state index contributed by atoms with van der Waals surface area (Å²) in [6, 6.07) is 8.57. The summed E-state index contributed by atoms with van der Waals surface area (Å²) in [5.41, 5.74) is 5.02. The largest absolute Gasteiger partial charge is 0.448 e. The second-order valence-electron chi connectivity index (χ2n) is 14.1. The number of nitrogens with one attached hydrogen (secondary N) is 2. The number of benzene rings is 1. The maximum Gasteiger partial charge on any atom is 0.253 e. The molecule has 2 aliphatic heterocycles. The molecule has 0 spiro atoms. The average molecular weight is 693 g/mol. The molecule has 1 aliphatic carbocycles. The first-order chi connectivity index (χ1) is 23.0. The van der Waals surface area contributed by atoms with Crippen LogP contribution in [-0.2, 0) is 13.0 Å². The number of ether oxygens (including phenoxy) is 2. The SMILES string of the molecule is CCc1cc(C)[nH]c(=O)c1CNC(=O)c1cc(-c2ccc(N3CCN(CC)CC3)nc2)c2c(c1C)OC(C)(C1CCC(N(C)C)CC1)O2.Cl. The number of H-pyrrole nitrogens is 1. The van der Waals surface area contributed by atoms with Gasteiger partial charge in [-0.2, -0.15) is 0 Å². The van der Waals surface area contributed by atoms with Crippen molar-refractivity contribution in [3.05, 3.63) is 68.8 Å². The molecular formula is C38H53ClN6O4. The second kappa shape index (κ2) is 15.1. The zero-order chi connectivity index (χ0) is 34.2. The van der Waals surface area contributed by atoms with Gasteiger partial charge in [-0.1, -0.05) is 13.8 Å². The lowest BCUT2D eigenvalue weighted by molar-refractivity contribution is -0.123. The molecule has 1 amide bonds. The van der Waals surface area contributed by atoms with E-state index in [0.29, 0.717) is 35.1 Å². The minimum atomic E-state index is -0.842. The van der Waals surface area contributed by atoms with E-state index >= 15 is 0 Å². The monoisotopic (exact) mass is 692 g/mol. The van der Waals surface area contributed by atoms with Crippen molar-refractivity contribution in [1.82, 2.24) is 25.1 Å². The summed E-state index contributed by atoms with van der Waals surface area (Å²) in [4.78, 5) is 41.6. The predicted octanol–water partition coefficient (Wildman–Crippen LogP) is 5.72. The van der Waals surface area contributed by atoms with Gasteiger partial charge >= 0.3 is 0 Å². The van der Waals surface area contributed by atoms with E-state index in [1.54, 1.807) is 0 Å². The highest BCUT2D eigenvalue weighted by molar-refractivity contribution is 5.99. The molecule has 3 aliphatic rings. The molecule has 0 radical (unpaired) electrons. The third kappa shape index (κ3) is 7.47. The minimum absolute atomic E-state index is 0. The third-order valence-corrected chi connectivity index (χ3v) is 10.9. The van der Waals surface area contributed by atoms with Crippen LogP contribution in [0.5, 0.6) is 11.5 Å². The number of pyridine rings is 2. The second-order valence-corrected chi connectivity index (χ2v) is 14.1. The number of hydrogen-bond donors (Lipinski definition) is 2. The quantitative estimate of drug-likeness (QED) is 0.294. The van der Waals surface area contributed by atoms with Gasteiger partial charge in [-0.15, -0.1) is 12.4 Å². The highest BCUT2D eigenvalue weighted by Gasteiger charge is 2.47. The van der Waals surface area contributed by atoms with Crippen molar-refractivity contribution in [3.8, 4) is 22.6 Å². The molecule has 1 saturated carbocycles. The number of likely N-dealkylation sites (N-methyl/N-ethyl adjacent to an activating group) is 1. The first-order valence-corrected chi connectivity index (χ1v) is 17.7. The molecule has 6 rings (SSSR count). The summed E-state index contributed by atoms with van der Waals surface area (Å²) in [5, 5.41) is 3.03. The van der Waals surface area contributed by atoms with Crippen LogP contribution in [0.15, 0.2) is 35.3 Å². The number of hydrogen-bond acceptors (Lipinski definition) is 8. The fraction of sp³-hybridized carbons (Fsp3) is 0.553. The Morgan fingerprint density at radius 2 is 1.73 bits per heavy atom. The lowest BCUT2D eigenvalue weighted by atomic mass is 9.81. The summed E-state index contributed by atoms with van der Waals surface area (Å²) in [5.74, 6) is 1.33. The molecule has 2 aromatic heterocycles. The molecule has 1 aromatic carbocycles. The van der Waals surface area contributed by atoms with Crippen LogP contribution in [0.2, 0.25) is 0 Å². The van der Waals surface area contributed by atoms with E-state index in [2.05, 4.69) is 58.2 Å². The molecule has 11 heteroatoms. The van der Waals surface area contributed by atoms with Gasteiger partial charge in [-0.05, 0) is 96.4 Å². The van der Waals surface area contributed by atoms with Gasteiger partial charge in [0.15, 0.2) is 11.5 Å². The molecule has 1 atom stereocenters.